The Labute approximate surface area is 153 Å². The van der Waals surface area contributed by atoms with Crippen molar-refractivity contribution in [1.82, 2.24) is 5.32 Å². The number of aliphatic hydroxyl groups excluding tert-OH is 1. The Morgan fingerprint density at radius 3 is 2.54 bits per heavy atom. The number of benzene rings is 1. The topological polar surface area (TPSA) is 86.6 Å². The van der Waals surface area contributed by atoms with Crippen LogP contribution in [0.3, 0.4) is 0 Å². The minimum Gasteiger partial charge on any atom is -0.508 e. The number of phenols is 1. The molecule has 0 unspecified atom stereocenters. The standard InChI is InChI=1S/C21H25NO4/c1-4-13(2)6-5-7-14(3)19(24)18-20(25)17(22-21(18)26)12-15-8-10-16(23)11-9-15/h5-11,13,17,23-24H,4,12H2,1-3H3,(H,22,26)/t13-,17+/m1/s1. The first kappa shape index (κ1) is 19.5. The van der Waals surface area contributed by atoms with Crippen LogP contribution in [-0.2, 0) is 16.0 Å². The molecule has 0 saturated carbocycles. The molecule has 5 heteroatoms. The highest BCUT2D eigenvalue weighted by atomic mass is 16.3. The molecule has 138 valence electrons. The Morgan fingerprint density at radius 1 is 1.27 bits per heavy atom. The maximum atomic E-state index is 12.6. The number of rotatable bonds is 6. The summed E-state index contributed by atoms with van der Waals surface area (Å²) in [6.07, 6.45) is 6.84. The van der Waals surface area contributed by atoms with E-state index in [-0.39, 0.29) is 17.1 Å². The highest BCUT2D eigenvalue weighted by Crippen LogP contribution is 2.22. The summed E-state index contributed by atoms with van der Waals surface area (Å²) in [4.78, 5) is 24.7. The molecule has 1 heterocycles. The summed E-state index contributed by atoms with van der Waals surface area (Å²) < 4.78 is 0. The van der Waals surface area contributed by atoms with Gasteiger partial charge >= 0.3 is 0 Å². The van der Waals surface area contributed by atoms with Gasteiger partial charge < -0.3 is 15.5 Å². The number of nitrogens with one attached hydrogen (secondary N) is 1. The molecular formula is C21H25NO4. The molecule has 0 spiro atoms. The third kappa shape index (κ3) is 4.63. The summed E-state index contributed by atoms with van der Waals surface area (Å²) in [5.74, 6) is -0.705. The lowest BCUT2D eigenvalue weighted by molar-refractivity contribution is -0.117. The van der Waals surface area contributed by atoms with Gasteiger partial charge in [-0.2, -0.15) is 0 Å². The Hall–Kier alpha value is -2.82. The lowest BCUT2D eigenvalue weighted by Gasteiger charge is -2.08. The van der Waals surface area contributed by atoms with E-state index < -0.39 is 17.7 Å². The van der Waals surface area contributed by atoms with E-state index in [4.69, 9.17) is 0 Å². The van der Waals surface area contributed by atoms with Crippen LogP contribution in [0.15, 0.2) is 59.4 Å². The van der Waals surface area contributed by atoms with Crippen molar-refractivity contribution in [3.8, 4) is 5.75 Å². The number of Topliss-reactive ketones (excluding diaryl/α,β-unsaturated/α-hetero) is 1. The van der Waals surface area contributed by atoms with Crippen LogP contribution in [0.25, 0.3) is 0 Å². The number of hydrogen-bond donors (Lipinski definition) is 3. The molecule has 2 atom stereocenters. The molecule has 1 aliphatic rings. The number of carbonyl (C=O) groups excluding carboxylic acids is 2. The number of allylic oxidation sites excluding steroid dienone is 4. The fourth-order valence-electron chi connectivity index (χ4n) is 2.62. The van der Waals surface area contributed by atoms with E-state index in [9.17, 15) is 19.8 Å². The van der Waals surface area contributed by atoms with Gasteiger partial charge in [0, 0.05) is 6.42 Å². The number of amides is 1. The van der Waals surface area contributed by atoms with Gasteiger partial charge in [0.1, 0.15) is 17.1 Å². The fourth-order valence-corrected chi connectivity index (χ4v) is 2.62. The smallest absolute Gasteiger partial charge is 0.259 e. The molecule has 0 bridgehead atoms. The predicted octanol–water partition coefficient (Wildman–Crippen LogP) is 3.36. The highest BCUT2D eigenvalue weighted by molar-refractivity contribution is 6.27. The summed E-state index contributed by atoms with van der Waals surface area (Å²) in [6.45, 7) is 5.83. The molecular weight excluding hydrogens is 330 g/mol. The molecule has 0 radical (unpaired) electrons. The van der Waals surface area contributed by atoms with Gasteiger partial charge in [0.25, 0.3) is 5.91 Å². The molecule has 0 aromatic heterocycles. The van der Waals surface area contributed by atoms with Crippen molar-refractivity contribution in [3.05, 3.63) is 65.0 Å². The molecule has 3 N–H and O–H groups in total. The van der Waals surface area contributed by atoms with Crippen LogP contribution in [0.2, 0.25) is 0 Å². The SMILES string of the molecule is CC[C@@H](C)C=CC=C(C)C(O)=C1C(=O)N[C@@H](Cc2ccc(O)cc2)C1=O. The quantitative estimate of drug-likeness (QED) is 0.316. The lowest BCUT2D eigenvalue weighted by atomic mass is 9.99. The zero-order valence-electron chi connectivity index (χ0n) is 15.3. The van der Waals surface area contributed by atoms with E-state index in [2.05, 4.69) is 19.2 Å². The van der Waals surface area contributed by atoms with Gasteiger partial charge in [-0.05, 0) is 36.1 Å². The van der Waals surface area contributed by atoms with Gasteiger partial charge in [-0.3, -0.25) is 9.59 Å². The molecule has 5 nitrogen and oxygen atoms in total. The summed E-state index contributed by atoms with van der Waals surface area (Å²) in [5.41, 5.74) is 1.08. The van der Waals surface area contributed by atoms with Gasteiger partial charge in [-0.1, -0.05) is 50.6 Å². The minimum absolute atomic E-state index is 0.139. The zero-order chi connectivity index (χ0) is 19.3. The number of ketones is 1. The van der Waals surface area contributed by atoms with Crippen molar-refractivity contribution in [2.45, 2.75) is 39.7 Å². The van der Waals surface area contributed by atoms with Crippen LogP contribution < -0.4 is 5.32 Å². The van der Waals surface area contributed by atoms with Gasteiger partial charge in [0.05, 0.1) is 6.04 Å². The summed E-state index contributed by atoms with van der Waals surface area (Å²) >= 11 is 0. The van der Waals surface area contributed by atoms with E-state index in [1.807, 2.05) is 12.2 Å². The van der Waals surface area contributed by atoms with E-state index in [0.717, 1.165) is 12.0 Å². The molecule has 1 saturated heterocycles. The maximum absolute atomic E-state index is 12.6. The van der Waals surface area contributed by atoms with Crippen LogP contribution in [0.4, 0.5) is 0 Å². The van der Waals surface area contributed by atoms with E-state index in [0.29, 0.717) is 17.9 Å². The summed E-state index contributed by atoms with van der Waals surface area (Å²) in [5, 5.41) is 22.3. The number of phenolic OH excluding ortho intramolecular Hbond substituents is 1. The van der Waals surface area contributed by atoms with Crippen molar-refractivity contribution in [2.24, 2.45) is 5.92 Å². The van der Waals surface area contributed by atoms with Crippen LogP contribution in [0.5, 0.6) is 5.75 Å². The van der Waals surface area contributed by atoms with Gasteiger partial charge in [-0.15, -0.1) is 0 Å². The van der Waals surface area contributed by atoms with E-state index in [1.165, 1.54) is 12.1 Å². The molecule has 2 rings (SSSR count). The maximum Gasteiger partial charge on any atom is 0.259 e. The molecule has 1 fully saturated rings. The average Bonchev–Trinajstić information content (AvgIpc) is 2.89. The van der Waals surface area contributed by atoms with Crippen LogP contribution in [-0.4, -0.2) is 27.9 Å². The van der Waals surface area contributed by atoms with Crippen molar-refractivity contribution in [1.29, 1.82) is 0 Å². The first-order valence-corrected chi connectivity index (χ1v) is 8.75. The molecule has 1 aromatic rings. The number of aliphatic hydroxyl groups is 1. The van der Waals surface area contributed by atoms with Gasteiger partial charge in [0.2, 0.25) is 0 Å². The fraction of sp³-hybridized carbons (Fsp3) is 0.333. The van der Waals surface area contributed by atoms with E-state index >= 15 is 0 Å². The number of hydrogen-bond acceptors (Lipinski definition) is 4. The molecule has 1 amide bonds. The van der Waals surface area contributed by atoms with Crippen molar-refractivity contribution in [3.63, 3.8) is 0 Å². The minimum atomic E-state index is -0.715. The second-order valence-corrected chi connectivity index (χ2v) is 6.60. The molecule has 0 aliphatic carbocycles. The van der Waals surface area contributed by atoms with Crippen molar-refractivity contribution < 1.29 is 19.8 Å². The zero-order valence-corrected chi connectivity index (χ0v) is 15.3. The predicted molar refractivity (Wildman–Crippen MR) is 101 cm³/mol. The lowest BCUT2D eigenvalue weighted by Crippen LogP contribution is -2.31. The second kappa shape index (κ2) is 8.52. The summed E-state index contributed by atoms with van der Waals surface area (Å²) in [7, 11) is 0. The second-order valence-electron chi connectivity index (χ2n) is 6.60. The van der Waals surface area contributed by atoms with Gasteiger partial charge in [-0.25, -0.2) is 0 Å². The Kier molecular flexibility index (Phi) is 6.39. The van der Waals surface area contributed by atoms with Crippen LogP contribution >= 0.6 is 0 Å². The average molecular weight is 355 g/mol. The molecule has 26 heavy (non-hydrogen) atoms. The van der Waals surface area contributed by atoms with Gasteiger partial charge in [0.15, 0.2) is 5.78 Å². The number of carbonyl (C=O) groups is 2. The third-order valence-corrected chi connectivity index (χ3v) is 4.51. The first-order valence-electron chi connectivity index (χ1n) is 8.75. The Balaban J connectivity index is 2.18. The van der Waals surface area contributed by atoms with Crippen molar-refractivity contribution in [2.75, 3.05) is 0 Å². The number of aromatic hydroxyl groups is 1. The third-order valence-electron chi connectivity index (χ3n) is 4.51. The van der Waals surface area contributed by atoms with Crippen molar-refractivity contribution >= 4 is 11.7 Å². The normalized spacial score (nSPS) is 21.2. The molecule has 1 aromatic carbocycles. The van der Waals surface area contributed by atoms with Crippen LogP contribution in [0, 0.1) is 5.92 Å². The van der Waals surface area contributed by atoms with E-state index in [1.54, 1.807) is 25.1 Å². The first-order chi connectivity index (χ1) is 12.3. The largest absolute Gasteiger partial charge is 0.508 e. The molecule has 1 aliphatic heterocycles. The Bertz CT molecular complexity index is 772. The monoisotopic (exact) mass is 355 g/mol. The Morgan fingerprint density at radius 2 is 1.92 bits per heavy atom. The summed E-state index contributed by atoms with van der Waals surface area (Å²) in [6, 6.07) is 5.73. The van der Waals surface area contributed by atoms with Crippen LogP contribution in [0.1, 0.15) is 32.8 Å². The highest BCUT2D eigenvalue weighted by Gasteiger charge is 2.38.